The number of aryl methyl sites for hydroxylation is 1. The molecule has 2 aromatic heterocycles. The summed E-state index contributed by atoms with van der Waals surface area (Å²) in [6, 6.07) is 3.81. The molecule has 0 amide bonds. The first-order chi connectivity index (χ1) is 10.2. The number of ether oxygens (including phenoxy) is 1. The van der Waals surface area contributed by atoms with E-state index in [9.17, 15) is 0 Å². The maximum absolute atomic E-state index is 5.76. The number of furan rings is 1. The Bertz CT molecular complexity index is 565. The molecule has 0 fully saturated rings. The molecule has 0 aliphatic heterocycles. The second-order valence-electron chi connectivity index (χ2n) is 4.85. The summed E-state index contributed by atoms with van der Waals surface area (Å²) in [5.41, 5.74) is 1.01. The standard InChI is InChI=1S/C15H22BrN3O2/c1-4-8-17-14(11-6-7-13(16)21-11)15-12(20-3)10-18-19(15)9-5-2/h6-7,10,14,17H,4-5,8-9H2,1-3H3. The van der Waals surface area contributed by atoms with Crippen LogP contribution >= 0.6 is 15.9 Å². The summed E-state index contributed by atoms with van der Waals surface area (Å²) in [4.78, 5) is 0. The van der Waals surface area contributed by atoms with Crippen LogP contribution in [0.4, 0.5) is 0 Å². The van der Waals surface area contributed by atoms with Crippen molar-refractivity contribution in [1.82, 2.24) is 15.1 Å². The average Bonchev–Trinajstić information content (AvgIpc) is 3.07. The largest absolute Gasteiger partial charge is 0.493 e. The van der Waals surface area contributed by atoms with Gasteiger partial charge in [-0.3, -0.25) is 4.68 Å². The normalized spacial score (nSPS) is 12.6. The van der Waals surface area contributed by atoms with Crippen LogP contribution in [0.1, 0.15) is 44.2 Å². The summed E-state index contributed by atoms with van der Waals surface area (Å²) in [6.45, 7) is 6.02. The SMILES string of the molecule is CCCNC(c1ccc(Br)o1)c1c(OC)cnn1CCC. The summed E-state index contributed by atoms with van der Waals surface area (Å²) in [6.07, 6.45) is 3.83. The monoisotopic (exact) mass is 355 g/mol. The Morgan fingerprint density at radius 3 is 2.76 bits per heavy atom. The molecule has 0 aliphatic carbocycles. The third-order valence-electron chi connectivity index (χ3n) is 3.25. The number of halogens is 1. The number of nitrogens with zero attached hydrogens (tertiary/aromatic N) is 2. The summed E-state index contributed by atoms with van der Waals surface area (Å²) in [7, 11) is 1.67. The minimum atomic E-state index is -0.0692. The molecule has 0 saturated heterocycles. The molecule has 6 heteroatoms. The van der Waals surface area contributed by atoms with Crippen molar-refractivity contribution in [3.05, 3.63) is 34.5 Å². The molecule has 2 heterocycles. The minimum Gasteiger partial charge on any atom is -0.493 e. The molecule has 0 bridgehead atoms. The molecule has 1 N–H and O–H groups in total. The van der Waals surface area contributed by atoms with E-state index in [0.29, 0.717) is 0 Å². The van der Waals surface area contributed by atoms with Crippen molar-refractivity contribution in [2.45, 2.75) is 39.3 Å². The Morgan fingerprint density at radius 1 is 1.38 bits per heavy atom. The average molecular weight is 356 g/mol. The van der Waals surface area contributed by atoms with E-state index in [1.807, 2.05) is 16.8 Å². The molecule has 0 spiro atoms. The zero-order valence-electron chi connectivity index (χ0n) is 12.7. The van der Waals surface area contributed by atoms with Crippen LogP contribution in [-0.2, 0) is 6.54 Å². The third-order valence-corrected chi connectivity index (χ3v) is 3.68. The van der Waals surface area contributed by atoms with Gasteiger partial charge in [0, 0.05) is 6.54 Å². The van der Waals surface area contributed by atoms with Crippen LogP contribution in [0.15, 0.2) is 27.4 Å². The van der Waals surface area contributed by atoms with Crippen LogP contribution < -0.4 is 10.1 Å². The lowest BCUT2D eigenvalue weighted by molar-refractivity contribution is 0.377. The van der Waals surface area contributed by atoms with Gasteiger partial charge in [-0.05, 0) is 47.4 Å². The van der Waals surface area contributed by atoms with Crippen molar-refractivity contribution in [2.75, 3.05) is 13.7 Å². The van der Waals surface area contributed by atoms with Gasteiger partial charge in [0.05, 0.1) is 13.3 Å². The van der Waals surface area contributed by atoms with E-state index in [1.54, 1.807) is 13.3 Å². The maximum atomic E-state index is 5.76. The number of aromatic nitrogens is 2. The Balaban J connectivity index is 2.42. The molecular weight excluding hydrogens is 334 g/mol. The molecular formula is C15H22BrN3O2. The fraction of sp³-hybridized carbons (Fsp3) is 0.533. The van der Waals surface area contributed by atoms with Crippen molar-refractivity contribution >= 4 is 15.9 Å². The summed E-state index contributed by atoms with van der Waals surface area (Å²) in [5.74, 6) is 1.64. The van der Waals surface area contributed by atoms with Crippen molar-refractivity contribution in [1.29, 1.82) is 0 Å². The minimum absolute atomic E-state index is 0.0692. The second-order valence-corrected chi connectivity index (χ2v) is 5.63. The third kappa shape index (κ3) is 3.68. The van der Waals surface area contributed by atoms with Gasteiger partial charge in [0.2, 0.25) is 0 Å². The molecule has 1 atom stereocenters. The summed E-state index contributed by atoms with van der Waals surface area (Å²) >= 11 is 3.37. The second kappa shape index (κ2) is 7.66. The van der Waals surface area contributed by atoms with E-state index in [2.05, 4.69) is 40.2 Å². The Hall–Kier alpha value is -1.27. The van der Waals surface area contributed by atoms with E-state index < -0.39 is 0 Å². The molecule has 0 aromatic carbocycles. The van der Waals surface area contributed by atoms with Gasteiger partial charge in [0.15, 0.2) is 10.4 Å². The molecule has 0 aliphatic rings. The fourth-order valence-corrected chi connectivity index (χ4v) is 2.64. The van der Waals surface area contributed by atoms with Gasteiger partial charge in [-0.2, -0.15) is 5.10 Å². The zero-order chi connectivity index (χ0) is 15.2. The van der Waals surface area contributed by atoms with Crippen LogP contribution in [0.25, 0.3) is 0 Å². The first kappa shape index (κ1) is 16.1. The van der Waals surface area contributed by atoms with Crippen LogP contribution in [0.2, 0.25) is 0 Å². The van der Waals surface area contributed by atoms with Gasteiger partial charge < -0.3 is 14.5 Å². The van der Waals surface area contributed by atoms with Crippen molar-refractivity contribution in [2.24, 2.45) is 0 Å². The highest BCUT2D eigenvalue weighted by molar-refractivity contribution is 9.10. The molecule has 21 heavy (non-hydrogen) atoms. The van der Waals surface area contributed by atoms with Gasteiger partial charge >= 0.3 is 0 Å². The number of nitrogens with one attached hydrogen (secondary N) is 1. The number of hydrogen-bond donors (Lipinski definition) is 1. The van der Waals surface area contributed by atoms with Gasteiger partial charge in [0.25, 0.3) is 0 Å². The molecule has 0 radical (unpaired) electrons. The Kier molecular flexibility index (Phi) is 5.87. The fourth-order valence-electron chi connectivity index (χ4n) is 2.32. The van der Waals surface area contributed by atoms with E-state index >= 15 is 0 Å². The Labute approximate surface area is 133 Å². The molecule has 0 saturated carbocycles. The van der Waals surface area contributed by atoms with Gasteiger partial charge in [-0.15, -0.1) is 0 Å². The predicted octanol–water partition coefficient (Wildman–Crippen LogP) is 3.75. The lowest BCUT2D eigenvalue weighted by atomic mass is 10.1. The molecule has 116 valence electrons. The van der Waals surface area contributed by atoms with Crippen LogP contribution in [0.3, 0.4) is 0 Å². The van der Waals surface area contributed by atoms with E-state index in [1.165, 1.54) is 0 Å². The number of rotatable bonds is 8. The van der Waals surface area contributed by atoms with Crippen molar-refractivity contribution in [3.63, 3.8) is 0 Å². The first-order valence-corrected chi connectivity index (χ1v) is 8.08. The molecule has 5 nitrogen and oxygen atoms in total. The maximum Gasteiger partial charge on any atom is 0.169 e. The molecule has 1 unspecified atom stereocenters. The van der Waals surface area contributed by atoms with Crippen LogP contribution in [0.5, 0.6) is 5.75 Å². The van der Waals surface area contributed by atoms with Crippen molar-refractivity contribution < 1.29 is 9.15 Å². The highest BCUT2D eigenvalue weighted by atomic mass is 79.9. The van der Waals surface area contributed by atoms with Gasteiger partial charge in [-0.1, -0.05) is 13.8 Å². The smallest absolute Gasteiger partial charge is 0.169 e. The summed E-state index contributed by atoms with van der Waals surface area (Å²) < 4.78 is 14.0. The highest BCUT2D eigenvalue weighted by Crippen LogP contribution is 2.32. The van der Waals surface area contributed by atoms with Gasteiger partial charge in [-0.25, -0.2) is 0 Å². The topological polar surface area (TPSA) is 52.2 Å². The first-order valence-electron chi connectivity index (χ1n) is 7.29. The summed E-state index contributed by atoms with van der Waals surface area (Å²) in [5, 5.41) is 7.96. The van der Waals surface area contributed by atoms with E-state index in [-0.39, 0.29) is 6.04 Å². The molecule has 2 rings (SSSR count). The van der Waals surface area contributed by atoms with E-state index in [0.717, 1.165) is 47.8 Å². The Morgan fingerprint density at radius 2 is 2.19 bits per heavy atom. The van der Waals surface area contributed by atoms with Crippen molar-refractivity contribution in [3.8, 4) is 5.75 Å². The quantitative estimate of drug-likeness (QED) is 0.783. The molecule has 2 aromatic rings. The van der Waals surface area contributed by atoms with Gasteiger partial charge in [0.1, 0.15) is 17.5 Å². The number of methoxy groups -OCH3 is 1. The van der Waals surface area contributed by atoms with Crippen LogP contribution in [0, 0.1) is 0 Å². The highest BCUT2D eigenvalue weighted by Gasteiger charge is 2.25. The van der Waals surface area contributed by atoms with E-state index in [4.69, 9.17) is 9.15 Å². The zero-order valence-corrected chi connectivity index (χ0v) is 14.3. The van der Waals surface area contributed by atoms with Crippen LogP contribution in [-0.4, -0.2) is 23.4 Å². The predicted molar refractivity (Wildman–Crippen MR) is 85.6 cm³/mol. The lowest BCUT2D eigenvalue weighted by Gasteiger charge is -2.19. The lowest BCUT2D eigenvalue weighted by Crippen LogP contribution is -2.26. The number of hydrogen-bond acceptors (Lipinski definition) is 4.